The van der Waals surface area contributed by atoms with Crippen LogP contribution in [0.15, 0.2) is 23.1 Å². The van der Waals surface area contributed by atoms with Gasteiger partial charge in [-0.25, -0.2) is 4.39 Å². The SMILES string of the molecule is COC[C@@H](C)NC(=O)CSc1ccc(C(C)=O)cc1F. The molecule has 1 aromatic rings. The van der Waals surface area contributed by atoms with Gasteiger partial charge in [-0.15, -0.1) is 11.8 Å². The average molecular weight is 299 g/mol. The van der Waals surface area contributed by atoms with E-state index in [0.717, 1.165) is 11.8 Å². The first-order valence-electron chi connectivity index (χ1n) is 6.15. The van der Waals surface area contributed by atoms with Gasteiger partial charge < -0.3 is 10.1 Å². The fraction of sp³-hybridized carbons (Fsp3) is 0.429. The van der Waals surface area contributed by atoms with Crippen molar-refractivity contribution in [2.45, 2.75) is 24.8 Å². The number of halogens is 1. The largest absolute Gasteiger partial charge is 0.383 e. The van der Waals surface area contributed by atoms with Crippen molar-refractivity contribution in [2.24, 2.45) is 0 Å². The molecule has 1 rings (SSSR count). The number of carbonyl (C=O) groups excluding carboxylic acids is 2. The van der Waals surface area contributed by atoms with Crippen molar-refractivity contribution in [3.05, 3.63) is 29.6 Å². The molecule has 0 aliphatic carbocycles. The van der Waals surface area contributed by atoms with Crippen LogP contribution < -0.4 is 5.32 Å². The highest BCUT2D eigenvalue weighted by atomic mass is 32.2. The molecule has 0 spiro atoms. The average Bonchev–Trinajstić information content (AvgIpc) is 2.37. The number of carbonyl (C=O) groups is 2. The molecule has 0 aromatic heterocycles. The smallest absolute Gasteiger partial charge is 0.230 e. The first-order chi connectivity index (χ1) is 9.43. The fourth-order valence-electron chi connectivity index (χ4n) is 1.59. The number of hydrogen-bond donors (Lipinski definition) is 1. The van der Waals surface area contributed by atoms with E-state index in [1.54, 1.807) is 13.2 Å². The molecular formula is C14H18FNO3S. The van der Waals surface area contributed by atoms with Gasteiger partial charge in [-0.1, -0.05) is 6.07 Å². The number of ketones is 1. The molecule has 0 radical (unpaired) electrons. The highest BCUT2D eigenvalue weighted by Crippen LogP contribution is 2.22. The predicted molar refractivity (Wildman–Crippen MR) is 76.6 cm³/mol. The van der Waals surface area contributed by atoms with Crippen molar-refractivity contribution in [3.63, 3.8) is 0 Å². The molecule has 0 bridgehead atoms. The Balaban J connectivity index is 2.53. The van der Waals surface area contributed by atoms with Gasteiger partial charge in [0.05, 0.1) is 12.4 Å². The molecule has 0 saturated carbocycles. The molecule has 0 fully saturated rings. The lowest BCUT2D eigenvalue weighted by Crippen LogP contribution is -2.36. The molecule has 0 saturated heterocycles. The van der Waals surface area contributed by atoms with Crippen LogP contribution in [0, 0.1) is 5.82 Å². The van der Waals surface area contributed by atoms with Crippen molar-refractivity contribution in [1.82, 2.24) is 5.32 Å². The monoisotopic (exact) mass is 299 g/mol. The first-order valence-corrected chi connectivity index (χ1v) is 7.14. The summed E-state index contributed by atoms with van der Waals surface area (Å²) in [6.07, 6.45) is 0. The Morgan fingerprint density at radius 1 is 1.45 bits per heavy atom. The quantitative estimate of drug-likeness (QED) is 0.620. The molecule has 6 heteroatoms. The van der Waals surface area contributed by atoms with Crippen molar-refractivity contribution in [1.29, 1.82) is 0 Å². The first kappa shape index (κ1) is 16.7. The number of Topliss-reactive ketones (excluding diaryl/α,β-unsaturated/α-hetero) is 1. The minimum atomic E-state index is -0.486. The molecule has 0 unspecified atom stereocenters. The summed E-state index contributed by atoms with van der Waals surface area (Å²) in [6.45, 7) is 3.64. The van der Waals surface area contributed by atoms with Crippen LogP contribution >= 0.6 is 11.8 Å². The summed E-state index contributed by atoms with van der Waals surface area (Å²) in [5.74, 6) is -0.744. The molecule has 1 N–H and O–H groups in total. The van der Waals surface area contributed by atoms with Gasteiger partial charge in [0.25, 0.3) is 0 Å². The van der Waals surface area contributed by atoms with E-state index in [9.17, 15) is 14.0 Å². The van der Waals surface area contributed by atoms with Gasteiger partial charge in [-0.05, 0) is 26.0 Å². The second kappa shape index (κ2) is 8.01. The summed E-state index contributed by atoms with van der Waals surface area (Å²) in [5.41, 5.74) is 0.324. The van der Waals surface area contributed by atoms with Crippen LogP contribution in [0.25, 0.3) is 0 Å². The second-order valence-corrected chi connectivity index (χ2v) is 5.43. The maximum absolute atomic E-state index is 13.7. The molecular weight excluding hydrogens is 281 g/mol. The molecule has 0 aliphatic heterocycles. The Kier molecular flexibility index (Phi) is 6.67. The predicted octanol–water partition coefficient (Wildman–Crippen LogP) is 2.27. The lowest BCUT2D eigenvalue weighted by molar-refractivity contribution is -0.119. The van der Waals surface area contributed by atoms with Crippen LogP contribution in [-0.4, -0.2) is 37.2 Å². The minimum absolute atomic E-state index is 0.0852. The van der Waals surface area contributed by atoms with E-state index in [0.29, 0.717) is 17.1 Å². The maximum Gasteiger partial charge on any atom is 0.230 e. The number of methoxy groups -OCH3 is 1. The molecule has 0 heterocycles. The number of amides is 1. The van der Waals surface area contributed by atoms with E-state index in [2.05, 4.69) is 5.32 Å². The fourth-order valence-corrected chi connectivity index (χ4v) is 2.32. The van der Waals surface area contributed by atoms with Gasteiger partial charge in [0.2, 0.25) is 5.91 Å². The van der Waals surface area contributed by atoms with Crippen LogP contribution in [0.1, 0.15) is 24.2 Å². The third-order valence-corrected chi connectivity index (χ3v) is 3.57. The van der Waals surface area contributed by atoms with Gasteiger partial charge >= 0.3 is 0 Å². The minimum Gasteiger partial charge on any atom is -0.383 e. The van der Waals surface area contributed by atoms with Crippen molar-refractivity contribution >= 4 is 23.5 Å². The number of ether oxygens (including phenoxy) is 1. The summed E-state index contributed by atoms with van der Waals surface area (Å²) in [4.78, 5) is 23.1. The van der Waals surface area contributed by atoms with Crippen LogP contribution in [0.4, 0.5) is 4.39 Å². The van der Waals surface area contributed by atoms with Crippen LogP contribution in [0.5, 0.6) is 0 Å². The number of thioether (sulfide) groups is 1. The van der Waals surface area contributed by atoms with Crippen LogP contribution in [0.2, 0.25) is 0 Å². The van der Waals surface area contributed by atoms with Crippen LogP contribution in [0.3, 0.4) is 0 Å². The topological polar surface area (TPSA) is 55.4 Å². The van der Waals surface area contributed by atoms with Crippen molar-refractivity contribution in [2.75, 3.05) is 19.5 Å². The zero-order valence-corrected chi connectivity index (χ0v) is 12.6. The van der Waals surface area contributed by atoms with E-state index < -0.39 is 5.82 Å². The molecule has 20 heavy (non-hydrogen) atoms. The van der Waals surface area contributed by atoms with Crippen molar-refractivity contribution in [3.8, 4) is 0 Å². The van der Waals surface area contributed by atoms with E-state index >= 15 is 0 Å². The van der Waals surface area contributed by atoms with Crippen LogP contribution in [-0.2, 0) is 9.53 Å². The lowest BCUT2D eigenvalue weighted by atomic mass is 10.1. The standard InChI is InChI=1S/C14H18FNO3S/c1-9(7-19-3)16-14(18)8-20-13-5-4-11(10(2)17)6-12(13)15/h4-6,9H,7-8H2,1-3H3,(H,16,18)/t9-/m1/s1. The number of rotatable bonds is 7. The number of benzene rings is 1. The zero-order chi connectivity index (χ0) is 15.1. The molecule has 1 atom stereocenters. The Morgan fingerprint density at radius 2 is 2.15 bits per heavy atom. The Morgan fingerprint density at radius 3 is 2.70 bits per heavy atom. The molecule has 1 amide bonds. The molecule has 1 aromatic carbocycles. The summed E-state index contributed by atoms with van der Waals surface area (Å²) in [5, 5.41) is 2.74. The van der Waals surface area contributed by atoms with E-state index in [1.165, 1.54) is 19.1 Å². The van der Waals surface area contributed by atoms with E-state index in [-0.39, 0.29) is 23.5 Å². The van der Waals surface area contributed by atoms with Crippen molar-refractivity contribution < 1.29 is 18.7 Å². The zero-order valence-electron chi connectivity index (χ0n) is 11.7. The number of hydrogen-bond acceptors (Lipinski definition) is 4. The third-order valence-electron chi connectivity index (χ3n) is 2.52. The Hall–Kier alpha value is -1.40. The lowest BCUT2D eigenvalue weighted by Gasteiger charge is -2.12. The van der Waals surface area contributed by atoms with Gasteiger partial charge in [0.1, 0.15) is 5.82 Å². The van der Waals surface area contributed by atoms with Gasteiger partial charge in [0.15, 0.2) is 5.78 Å². The molecule has 0 aliphatic rings. The van der Waals surface area contributed by atoms with Gasteiger partial charge in [0, 0.05) is 23.6 Å². The summed E-state index contributed by atoms with van der Waals surface area (Å²) in [7, 11) is 1.56. The Labute approximate surface area is 122 Å². The second-order valence-electron chi connectivity index (χ2n) is 4.41. The van der Waals surface area contributed by atoms with E-state index in [1.807, 2.05) is 6.92 Å². The third kappa shape index (κ3) is 5.30. The highest BCUT2D eigenvalue weighted by Gasteiger charge is 2.11. The Bertz CT molecular complexity index is 493. The maximum atomic E-state index is 13.7. The van der Waals surface area contributed by atoms with Gasteiger partial charge in [-0.2, -0.15) is 0 Å². The summed E-state index contributed by atoms with van der Waals surface area (Å²) in [6, 6.07) is 4.18. The van der Waals surface area contributed by atoms with E-state index in [4.69, 9.17) is 4.74 Å². The van der Waals surface area contributed by atoms with Gasteiger partial charge in [-0.3, -0.25) is 9.59 Å². The molecule has 110 valence electrons. The molecule has 4 nitrogen and oxygen atoms in total. The normalized spacial score (nSPS) is 12.0. The summed E-state index contributed by atoms with van der Waals surface area (Å²) < 4.78 is 18.6. The number of nitrogens with one attached hydrogen (secondary N) is 1. The summed E-state index contributed by atoms with van der Waals surface area (Å²) >= 11 is 1.10. The highest BCUT2D eigenvalue weighted by molar-refractivity contribution is 8.00.